The summed E-state index contributed by atoms with van der Waals surface area (Å²) >= 11 is 5.42. The Labute approximate surface area is 195 Å². The van der Waals surface area contributed by atoms with Gasteiger partial charge in [-0.1, -0.05) is 6.07 Å². The average molecular weight is 580 g/mol. The largest absolute Gasteiger partial charge is 0.476 e. The summed E-state index contributed by atoms with van der Waals surface area (Å²) in [5.74, 6) is -0.975. The highest BCUT2D eigenvalue weighted by molar-refractivity contribution is 14.1. The lowest BCUT2D eigenvalue weighted by Gasteiger charge is -2.27. The quantitative estimate of drug-likeness (QED) is 0.332. The van der Waals surface area contributed by atoms with Crippen molar-refractivity contribution in [1.29, 1.82) is 5.26 Å². The topological polar surface area (TPSA) is 99.5 Å². The summed E-state index contributed by atoms with van der Waals surface area (Å²) in [6.45, 7) is 3.61. The van der Waals surface area contributed by atoms with Crippen LogP contribution in [-0.4, -0.2) is 24.5 Å². The monoisotopic (exact) mass is 579 g/mol. The molecule has 0 unspecified atom stereocenters. The van der Waals surface area contributed by atoms with Gasteiger partial charge >= 0.3 is 6.03 Å². The summed E-state index contributed by atoms with van der Waals surface area (Å²) in [4.78, 5) is 38.8. The van der Waals surface area contributed by atoms with E-state index in [2.05, 4.69) is 21.2 Å². The van der Waals surface area contributed by atoms with Crippen LogP contribution in [0.4, 0.5) is 10.5 Å². The Hall–Kier alpha value is -2.71. The van der Waals surface area contributed by atoms with Crippen molar-refractivity contribution in [3.63, 3.8) is 0 Å². The van der Waals surface area contributed by atoms with Gasteiger partial charge in [-0.15, -0.1) is 0 Å². The van der Waals surface area contributed by atoms with Crippen LogP contribution in [0.2, 0.25) is 0 Å². The molecule has 1 N–H and O–H groups in total. The molecule has 7 nitrogen and oxygen atoms in total. The first-order chi connectivity index (χ1) is 14.2. The summed E-state index contributed by atoms with van der Waals surface area (Å²) in [6, 6.07) is 9.83. The Balaban J connectivity index is 2.02. The number of ether oxygens (including phenoxy) is 1. The molecule has 9 heteroatoms. The third-order valence-electron chi connectivity index (χ3n) is 4.18. The highest BCUT2D eigenvalue weighted by atomic mass is 127. The molecule has 4 amide bonds. The Kier molecular flexibility index (Phi) is 6.58. The standard InChI is InChI=1S/C21H15BrIN3O4/c1-11-5-12(2)7-14(6-11)26-20(28)15(19(27)25-21(26)29)8-13-9-16(22)18(17(23)10-13)30-4-3-24/h5-10H,4H2,1-2H3,(H,25,27,29)/b15-8+. The van der Waals surface area contributed by atoms with E-state index in [1.54, 1.807) is 24.3 Å². The minimum Gasteiger partial charge on any atom is -0.476 e. The van der Waals surface area contributed by atoms with Gasteiger partial charge in [-0.3, -0.25) is 14.9 Å². The van der Waals surface area contributed by atoms with Gasteiger partial charge in [0.05, 0.1) is 13.7 Å². The molecule has 1 fully saturated rings. The van der Waals surface area contributed by atoms with Crippen LogP contribution in [0.15, 0.2) is 40.4 Å². The molecule has 0 bridgehead atoms. The fourth-order valence-corrected chi connectivity index (χ4v) is 4.81. The molecular formula is C21H15BrIN3O4. The number of aryl methyl sites for hydroxylation is 2. The fourth-order valence-electron chi connectivity index (χ4n) is 3.04. The summed E-state index contributed by atoms with van der Waals surface area (Å²) < 4.78 is 6.64. The Morgan fingerprint density at radius 2 is 1.83 bits per heavy atom. The SMILES string of the molecule is Cc1cc(C)cc(N2C(=O)NC(=O)/C(=C\c3cc(Br)c(OCC#N)c(I)c3)C2=O)c1. The van der Waals surface area contributed by atoms with Crippen LogP contribution in [0.5, 0.6) is 5.75 Å². The summed E-state index contributed by atoms with van der Waals surface area (Å²) in [7, 11) is 0. The zero-order valence-corrected chi connectivity index (χ0v) is 19.7. The molecule has 1 heterocycles. The van der Waals surface area contributed by atoms with E-state index in [4.69, 9.17) is 10.00 Å². The average Bonchev–Trinajstić information content (AvgIpc) is 2.63. The van der Waals surface area contributed by atoms with E-state index < -0.39 is 17.8 Å². The lowest BCUT2D eigenvalue weighted by molar-refractivity contribution is -0.122. The minimum atomic E-state index is -0.789. The number of rotatable bonds is 4. The van der Waals surface area contributed by atoms with Crippen molar-refractivity contribution in [2.75, 3.05) is 11.5 Å². The van der Waals surface area contributed by atoms with E-state index in [1.165, 1.54) is 6.08 Å². The van der Waals surface area contributed by atoms with Gasteiger partial charge in [-0.2, -0.15) is 5.26 Å². The van der Waals surface area contributed by atoms with E-state index in [1.807, 2.05) is 48.6 Å². The molecule has 0 aromatic heterocycles. The van der Waals surface area contributed by atoms with Gasteiger partial charge in [0.1, 0.15) is 17.4 Å². The fraction of sp³-hybridized carbons (Fsp3) is 0.143. The van der Waals surface area contributed by atoms with Gasteiger partial charge in [-0.25, -0.2) is 9.69 Å². The van der Waals surface area contributed by atoms with Gasteiger partial charge in [0, 0.05) is 0 Å². The van der Waals surface area contributed by atoms with Gasteiger partial charge in [0.15, 0.2) is 6.61 Å². The van der Waals surface area contributed by atoms with Crippen molar-refractivity contribution in [2.45, 2.75) is 13.8 Å². The van der Waals surface area contributed by atoms with Crippen molar-refractivity contribution in [1.82, 2.24) is 5.32 Å². The Bertz CT molecular complexity index is 1110. The number of benzene rings is 2. The number of hydrogen-bond donors (Lipinski definition) is 1. The molecule has 0 radical (unpaired) electrons. The predicted molar refractivity (Wildman–Crippen MR) is 123 cm³/mol. The number of amides is 4. The van der Waals surface area contributed by atoms with Gasteiger partial charge in [-0.05, 0) is 99.4 Å². The number of barbiturate groups is 1. The molecule has 3 rings (SSSR count). The van der Waals surface area contributed by atoms with Crippen molar-refractivity contribution in [2.24, 2.45) is 0 Å². The van der Waals surface area contributed by atoms with Gasteiger partial charge in [0.25, 0.3) is 11.8 Å². The maximum atomic E-state index is 13.1. The number of imide groups is 2. The van der Waals surface area contributed by atoms with Crippen LogP contribution in [0.1, 0.15) is 16.7 Å². The predicted octanol–water partition coefficient (Wildman–Crippen LogP) is 4.24. The lowest BCUT2D eigenvalue weighted by Crippen LogP contribution is -2.54. The molecule has 0 atom stereocenters. The third kappa shape index (κ3) is 4.55. The first-order valence-corrected chi connectivity index (χ1v) is 10.6. The molecule has 0 spiro atoms. The number of nitrogens with one attached hydrogen (secondary N) is 1. The number of urea groups is 1. The first-order valence-electron chi connectivity index (χ1n) is 8.70. The molecule has 2 aromatic carbocycles. The number of anilines is 1. The second-order valence-corrected chi connectivity index (χ2v) is 8.58. The van der Waals surface area contributed by atoms with Crippen molar-refractivity contribution in [3.8, 4) is 11.8 Å². The Morgan fingerprint density at radius 1 is 1.17 bits per heavy atom. The van der Waals surface area contributed by atoms with Gasteiger partial charge in [0.2, 0.25) is 0 Å². The van der Waals surface area contributed by atoms with Crippen LogP contribution >= 0.6 is 38.5 Å². The molecule has 2 aromatic rings. The van der Waals surface area contributed by atoms with E-state index in [0.29, 0.717) is 25.0 Å². The molecule has 152 valence electrons. The van der Waals surface area contributed by atoms with Crippen LogP contribution in [0.25, 0.3) is 6.08 Å². The number of carbonyl (C=O) groups excluding carboxylic acids is 3. The lowest BCUT2D eigenvalue weighted by atomic mass is 10.1. The maximum Gasteiger partial charge on any atom is 0.335 e. The van der Waals surface area contributed by atoms with Crippen LogP contribution in [0.3, 0.4) is 0 Å². The van der Waals surface area contributed by atoms with E-state index in [-0.39, 0.29) is 12.2 Å². The molecule has 0 aliphatic carbocycles. The highest BCUT2D eigenvalue weighted by Crippen LogP contribution is 2.33. The van der Waals surface area contributed by atoms with Crippen LogP contribution in [0, 0.1) is 28.7 Å². The zero-order chi connectivity index (χ0) is 22.0. The summed E-state index contributed by atoms with van der Waals surface area (Å²) in [6.07, 6.45) is 1.42. The molecule has 1 aliphatic heterocycles. The Morgan fingerprint density at radius 3 is 2.43 bits per heavy atom. The summed E-state index contributed by atoms with van der Waals surface area (Å²) in [5, 5.41) is 10.9. The number of nitriles is 1. The van der Waals surface area contributed by atoms with Crippen LogP contribution in [-0.2, 0) is 9.59 Å². The first kappa shape index (κ1) is 22.0. The van der Waals surface area contributed by atoms with Gasteiger partial charge < -0.3 is 4.74 Å². The molecule has 30 heavy (non-hydrogen) atoms. The smallest absolute Gasteiger partial charge is 0.335 e. The second-order valence-electron chi connectivity index (χ2n) is 6.56. The molecule has 1 saturated heterocycles. The molecule has 1 aliphatic rings. The van der Waals surface area contributed by atoms with E-state index in [0.717, 1.165) is 16.0 Å². The van der Waals surface area contributed by atoms with Crippen LogP contribution < -0.4 is 15.0 Å². The van der Waals surface area contributed by atoms with Crippen molar-refractivity contribution >= 4 is 68.1 Å². The third-order valence-corrected chi connectivity index (χ3v) is 5.57. The molecular weight excluding hydrogens is 565 g/mol. The minimum absolute atomic E-state index is 0.108. The van der Waals surface area contributed by atoms with E-state index in [9.17, 15) is 14.4 Å². The van der Waals surface area contributed by atoms with Crippen molar-refractivity contribution in [3.05, 3.63) is 60.6 Å². The highest BCUT2D eigenvalue weighted by Gasteiger charge is 2.37. The zero-order valence-electron chi connectivity index (χ0n) is 16.0. The summed E-state index contributed by atoms with van der Waals surface area (Å²) in [5.41, 5.74) is 2.56. The molecule has 0 saturated carbocycles. The number of nitrogens with zero attached hydrogens (tertiary/aromatic N) is 2. The number of halogens is 2. The second kappa shape index (κ2) is 8.97. The van der Waals surface area contributed by atoms with Crippen molar-refractivity contribution < 1.29 is 19.1 Å². The maximum absolute atomic E-state index is 13.1. The van der Waals surface area contributed by atoms with E-state index >= 15 is 0 Å². The number of carbonyl (C=O) groups is 3. The number of hydrogen-bond acceptors (Lipinski definition) is 5. The normalized spacial score (nSPS) is 15.2.